The van der Waals surface area contributed by atoms with Crippen molar-refractivity contribution in [3.05, 3.63) is 0 Å². The van der Waals surface area contributed by atoms with Crippen LogP contribution in [0.1, 0.15) is 38.5 Å². The summed E-state index contributed by atoms with van der Waals surface area (Å²) in [6.45, 7) is 0.226. The SMILES string of the molecule is NC(N)=NCCCC(NC(=O)C(CC(=O)O)NC(=O)C1CCCN1C(=O)C(N)CC(=O)O)C(=O)O. The smallest absolute Gasteiger partial charge is 0.326 e. The normalized spacial score (nSPS) is 17.5. The van der Waals surface area contributed by atoms with Gasteiger partial charge in [0.2, 0.25) is 17.7 Å². The second-order valence-electron chi connectivity index (χ2n) is 7.90. The zero-order chi connectivity index (χ0) is 26.7. The molecule has 1 aliphatic heterocycles. The Bertz CT molecular complexity index is 860. The molecule has 1 saturated heterocycles. The van der Waals surface area contributed by atoms with Crippen molar-refractivity contribution in [3.8, 4) is 0 Å². The fourth-order valence-corrected chi connectivity index (χ4v) is 3.48. The molecule has 11 N–H and O–H groups in total. The molecule has 0 bridgehead atoms. The van der Waals surface area contributed by atoms with Crippen LogP contribution in [0.3, 0.4) is 0 Å². The molecule has 1 rings (SSSR count). The van der Waals surface area contributed by atoms with Gasteiger partial charge in [-0.25, -0.2) is 4.79 Å². The lowest BCUT2D eigenvalue weighted by molar-refractivity contribution is -0.145. The summed E-state index contributed by atoms with van der Waals surface area (Å²) in [5.74, 6) is -6.97. The molecule has 4 unspecified atom stereocenters. The molecule has 4 atom stereocenters. The number of carbonyl (C=O) groups excluding carboxylic acids is 3. The Kier molecular flexibility index (Phi) is 11.4. The van der Waals surface area contributed by atoms with Crippen molar-refractivity contribution in [2.45, 2.75) is 62.7 Å². The van der Waals surface area contributed by atoms with Crippen molar-refractivity contribution < 1.29 is 44.1 Å². The van der Waals surface area contributed by atoms with Crippen LogP contribution < -0.4 is 27.8 Å². The summed E-state index contributed by atoms with van der Waals surface area (Å²) >= 11 is 0. The zero-order valence-electron chi connectivity index (χ0n) is 18.9. The first kappa shape index (κ1) is 29.1. The quantitative estimate of drug-likeness (QED) is 0.0650. The lowest BCUT2D eigenvalue weighted by Crippen LogP contribution is -2.57. The van der Waals surface area contributed by atoms with Gasteiger partial charge >= 0.3 is 17.9 Å². The number of aliphatic carboxylic acids is 3. The van der Waals surface area contributed by atoms with Crippen LogP contribution in [0.4, 0.5) is 0 Å². The Balaban J connectivity index is 2.89. The minimum absolute atomic E-state index is 0.0715. The fourth-order valence-electron chi connectivity index (χ4n) is 3.48. The van der Waals surface area contributed by atoms with E-state index in [2.05, 4.69) is 15.6 Å². The molecule has 0 saturated carbocycles. The van der Waals surface area contributed by atoms with Crippen LogP contribution in [0, 0.1) is 0 Å². The van der Waals surface area contributed by atoms with Gasteiger partial charge in [0.15, 0.2) is 5.96 Å². The van der Waals surface area contributed by atoms with Gasteiger partial charge < -0.3 is 48.1 Å². The first-order chi connectivity index (χ1) is 16.3. The van der Waals surface area contributed by atoms with Crippen LogP contribution in [0.15, 0.2) is 4.99 Å². The molecule has 0 radical (unpaired) electrons. The molecular weight excluding hydrogens is 470 g/mol. The van der Waals surface area contributed by atoms with Gasteiger partial charge in [-0.05, 0) is 25.7 Å². The van der Waals surface area contributed by atoms with E-state index >= 15 is 0 Å². The molecule has 35 heavy (non-hydrogen) atoms. The third kappa shape index (κ3) is 9.83. The van der Waals surface area contributed by atoms with Crippen molar-refractivity contribution >= 4 is 41.6 Å². The topological polar surface area (TPSA) is 281 Å². The van der Waals surface area contributed by atoms with E-state index in [0.29, 0.717) is 6.42 Å². The largest absolute Gasteiger partial charge is 0.481 e. The number of likely N-dealkylation sites (tertiary alicyclic amines) is 1. The number of nitrogens with one attached hydrogen (secondary N) is 2. The van der Waals surface area contributed by atoms with Crippen molar-refractivity contribution in [2.24, 2.45) is 22.2 Å². The summed E-state index contributed by atoms with van der Waals surface area (Å²) in [5.41, 5.74) is 16.0. The van der Waals surface area contributed by atoms with E-state index in [9.17, 15) is 33.9 Å². The molecule has 196 valence electrons. The van der Waals surface area contributed by atoms with E-state index in [1.807, 2.05) is 0 Å². The van der Waals surface area contributed by atoms with Crippen LogP contribution in [0.5, 0.6) is 0 Å². The molecule has 0 aromatic carbocycles. The predicted molar refractivity (Wildman–Crippen MR) is 119 cm³/mol. The number of nitrogens with two attached hydrogens (primary N) is 3. The number of amides is 3. The lowest BCUT2D eigenvalue weighted by Gasteiger charge is -2.28. The number of hydrogen-bond acceptors (Lipinski definition) is 8. The van der Waals surface area contributed by atoms with Crippen LogP contribution in [0.2, 0.25) is 0 Å². The Hall–Kier alpha value is -3.95. The summed E-state index contributed by atoms with van der Waals surface area (Å²) in [6.07, 6.45) is -0.791. The van der Waals surface area contributed by atoms with Crippen molar-refractivity contribution in [3.63, 3.8) is 0 Å². The van der Waals surface area contributed by atoms with Gasteiger partial charge in [0.25, 0.3) is 0 Å². The highest BCUT2D eigenvalue weighted by atomic mass is 16.4. The molecule has 3 amide bonds. The number of hydrogen-bond donors (Lipinski definition) is 8. The van der Waals surface area contributed by atoms with E-state index in [1.54, 1.807) is 0 Å². The Morgan fingerprint density at radius 2 is 1.60 bits per heavy atom. The summed E-state index contributed by atoms with van der Waals surface area (Å²) in [5, 5.41) is 31.8. The van der Waals surface area contributed by atoms with Crippen molar-refractivity contribution in [2.75, 3.05) is 13.1 Å². The summed E-state index contributed by atoms with van der Waals surface area (Å²) in [4.78, 5) is 76.3. The molecule has 1 heterocycles. The Labute approximate surface area is 199 Å². The maximum Gasteiger partial charge on any atom is 0.326 e. The number of carboxylic acid groups (broad SMARTS) is 3. The van der Waals surface area contributed by atoms with Gasteiger partial charge in [0.1, 0.15) is 18.1 Å². The highest BCUT2D eigenvalue weighted by Gasteiger charge is 2.38. The van der Waals surface area contributed by atoms with Crippen molar-refractivity contribution in [1.82, 2.24) is 15.5 Å². The van der Waals surface area contributed by atoms with Gasteiger partial charge in [0, 0.05) is 13.1 Å². The lowest BCUT2D eigenvalue weighted by atomic mass is 10.1. The predicted octanol–water partition coefficient (Wildman–Crippen LogP) is -3.64. The van der Waals surface area contributed by atoms with Gasteiger partial charge in [-0.1, -0.05) is 0 Å². The number of nitrogens with zero attached hydrogens (tertiary/aromatic N) is 2. The van der Waals surface area contributed by atoms with Crippen molar-refractivity contribution in [1.29, 1.82) is 0 Å². The molecule has 0 aromatic rings. The summed E-state index contributed by atoms with van der Waals surface area (Å²) in [7, 11) is 0. The average molecular weight is 501 g/mol. The monoisotopic (exact) mass is 501 g/mol. The molecule has 16 heteroatoms. The maximum atomic E-state index is 12.8. The van der Waals surface area contributed by atoms with Crippen LogP contribution in [-0.4, -0.2) is 99.1 Å². The van der Waals surface area contributed by atoms with E-state index in [-0.39, 0.29) is 38.3 Å². The summed E-state index contributed by atoms with van der Waals surface area (Å²) in [6, 6.07) is -5.51. The van der Waals surface area contributed by atoms with Gasteiger partial charge in [-0.15, -0.1) is 0 Å². The maximum absolute atomic E-state index is 12.8. The number of guanidine groups is 1. The Morgan fingerprint density at radius 1 is 0.971 bits per heavy atom. The van der Waals surface area contributed by atoms with E-state index in [0.717, 1.165) is 4.90 Å². The van der Waals surface area contributed by atoms with Gasteiger partial charge in [0.05, 0.1) is 18.9 Å². The van der Waals surface area contributed by atoms with Gasteiger partial charge in [-0.3, -0.25) is 29.0 Å². The third-order valence-corrected chi connectivity index (χ3v) is 5.12. The molecule has 0 aromatic heterocycles. The van der Waals surface area contributed by atoms with Gasteiger partial charge in [-0.2, -0.15) is 0 Å². The number of aliphatic imine (C=N–C) groups is 1. The molecule has 1 fully saturated rings. The highest BCUT2D eigenvalue weighted by Crippen LogP contribution is 2.19. The molecular formula is C19H31N7O9. The average Bonchev–Trinajstić information content (AvgIpc) is 3.23. The first-order valence-electron chi connectivity index (χ1n) is 10.7. The van der Waals surface area contributed by atoms with Crippen LogP contribution in [0.25, 0.3) is 0 Å². The van der Waals surface area contributed by atoms with E-state index in [1.165, 1.54) is 0 Å². The Morgan fingerprint density at radius 3 is 2.14 bits per heavy atom. The van der Waals surface area contributed by atoms with Crippen LogP contribution >= 0.6 is 0 Å². The fraction of sp³-hybridized carbons (Fsp3) is 0.632. The second-order valence-corrected chi connectivity index (χ2v) is 7.90. The summed E-state index contributed by atoms with van der Waals surface area (Å²) < 4.78 is 0. The number of carbonyl (C=O) groups is 6. The standard InChI is InChI=1S/C19H31N7O9/c20-9(7-13(27)28)17(33)26-6-2-4-12(26)16(32)25-11(8-14(29)30)15(31)24-10(18(34)35)3-1-5-23-19(21)22/h9-12H,1-8,20H2,(H,24,31)(H,25,32)(H,27,28)(H,29,30)(H,34,35)(H4,21,22,23). The minimum atomic E-state index is -1.63. The molecule has 0 spiro atoms. The molecule has 0 aliphatic carbocycles. The first-order valence-corrected chi connectivity index (χ1v) is 10.7. The molecule has 1 aliphatic rings. The third-order valence-electron chi connectivity index (χ3n) is 5.12. The zero-order valence-corrected chi connectivity index (χ0v) is 18.9. The highest BCUT2D eigenvalue weighted by molar-refractivity contribution is 5.96. The van der Waals surface area contributed by atoms with E-state index < -0.39 is 72.6 Å². The van der Waals surface area contributed by atoms with E-state index in [4.69, 9.17) is 27.4 Å². The van der Waals surface area contributed by atoms with Crippen LogP contribution in [-0.2, 0) is 28.8 Å². The number of carboxylic acids is 3. The minimum Gasteiger partial charge on any atom is -0.481 e. The number of rotatable bonds is 14. The molecule has 16 nitrogen and oxygen atoms in total. The second kappa shape index (κ2) is 13.7.